The Morgan fingerprint density at radius 1 is 1.39 bits per heavy atom. The summed E-state index contributed by atoms with van der Waals surface area (Å²) in [5.74, 6) is 0.899. The van der Waals surface area contributed by atoms with Gasteiger partial charge in [-0.1, -0.05) is 25.4 Å². The van der Waals surface area contributed by atoms with E-state index in [0.717, 1.165) is 23.4 Å². The van der Waals surface area contributed by atoms with Gasteiger partial charge in [0.1, 0.15) is 5.75 Å². The van der Waals surface area contributed by atoms with Crippen LogP contribution in [0.5, 0.6) is 5.75 Å². The second-order valence-electron chi connectivity index (χ2n) is 5.92. The van der Waals surface area contributed by atoms with Crippen LogP contribution in [0.15, 0.2) is 22.7 Å². The Balaban J connectivity index is 2.12. The Kier molecular flexibility index (Phi) is 5.87. The topological polar surface area (TPSA) is 44.1 Å². The van der Waals surface area contributed by atoms with Gasteiger partial charge in [0, 0.05) is 10.7 Å². The third-order valence-corrected chi connectivity index (χ3v) is 4.39. The molecule has 0 unspecified atom stereocenters. The van der Waals surface area contributed by atoms with E-state index in [2.05, 4.69) is 34.9 Å². The van der Waals surface area contributed by atoms with Gasteiger partial charge in [0.15, 0.2) is 6.61 Å². The van der Waals surface area contributed by atoms with E-state index in [9.17, 15) is 4.79 Å². The summed E-state index contributed by atoms with van der Waals surface area (Å²) in [6, 6.07) is 5.17. The Hall–Kier alpha value is -1.33. The Morgan fingerprint density at radius 3 is 2.70 bits per heavy atom. The van der Waals surface area contributed by atoms with Crippen molar-refractivity contribution < 1.29 is 9.53 Å². The molecule has 0 atom stereocenters. The Morgan fingerprint density at radius 2 is 2.09 bits per heavy atom. The molecule has 124 valence electrons. The maximum atomic E-state index is 12.4. The number of carbonyl (C=O) groups excluding carboxylic acids is 1. The number of nitrogens with zero attached hydrogens (tertiary/aromatic N) is 2. The summed E-state index contributed by atoms with van der Waals surface area (Å²) in [5.41, 5.74) is 2.93. The van der Waals surface area contributed by atoms with Gasteiger partial charge in [-0.2, -0.15) is 5.10 Å². The van der Waals surface area contributed by atoms with Gasteiger partial charge in [0.2, 0.25) is 0 Å². The Bertz CT molecular complexity index is 726. The van der Waals surface area contributed by atoms with Crippen molar-refractivity contribution in [3.8, 4) is 5.75 Å². The molecule has 0 aliphatic carbocycles. The molecular weight excluding hydrogens is 380 g/mol. The van der Waals surface area contributed by atoms with E-state index in [0.29, 0.717) is 21.2 Å². The molecule has 1 aromatic carbocycles. The van der Waals surface area contributed by atoms with E-state index in [-0.39, 0.29) is 12.5 Å². The molecule has 0 aliphatic rings. The van der Waals surface area contributed by atoms with Crippen LogP contribution in [0.1, 0.15) is 35.6 Å². The maximum absolute atomic E-state index is 12.4. The lowest BCUT2D eigenvalue weighted by atomic mass is 10.0. The number of ether oxygens (including phenoxy) is 1. The summed E-state index contributed by atoms with van der Waals surface area (Å²) in [5, 5.41) is 4.97. The van der Waals surface area contributed by atoms with Gasteiger partial charge in [-0.15, -0.1) is 0 Å². The van der Waals surface area contributed by atoms with Gasteiger partial charge < -0.3 is 4.74 Å². The summed E-state index contributed by atoms with van der Waals surface area (Å²) in [7, 11) is 0. The number of rotatable bonds is 5. The molecule has 0 spiro atoms. The zero-order valence-electron chi connectivity index (χ0n) is 13.7. The molecule has 1 aromatic heterocycles. The highest BCUT2D eigenvalue weighted by atomic mass is 79.9. The van der Waals surface area contributed by atoms with E-state index in [1.165, 1.54) is 4.68 Å². The minimum Gasteiger partial charge on any atom is -0.482 e. The molecule has 4 nitrogen and oxygen atoms in total. The summed E-state index contributed by atoms with van der Waals surface area (Å²) in [6.45, 7) is 8.08. The van der Waals surface area contributed by atoms with Crippen molar-refractivity contribution in [3.05, 3.63) is 44.6 Å². The van der Waals surface area contributed by atoms with Crippen molar-refractivity contribution in [2.75, 3.05) is 6.61 Å². The molecule has 1 heterocycles. The van der Waals surface area contributed by atoms with Gasteiger partial charge >= 0.3 is 0 Å². The van der Waals surface area contributed by atoms with Gasteiger partial charge in [0.25, 0.3) is 5.91 Å². The fraction of sp³-hybridized carbons (Fsp3) is 0.412. The monoisotopic (exact) mass is 398 g/mol. The summed E-state index contributed by atoms with van der Waals surface area (Å²) in [4.78, 5) is 12.4. The van der Waals surface area contributed by atoms with E-state index >= 15 is 0 Å². The van der Waals surface area contributed by atoms with Crippen molar-refractivity contribution in [3.63, 3.8) is 0 Å². The van der Waals surface area contributed by atoms with Crippen LogP contribution in [0.2, 0.25) is 5.02 Å². The standard InChI is InChI=1S/C17H20BrClN2O2/c1-10(2)7-14-11(3)20-21(12(14)4)17(22)9-23-16-6-5-13(19)8-15(16)18/h5-6,8,10H,7,9H2,1-4H3. The zero-order chi connectivity index (χ0) is 17.1. The van der Waals surface area contributed by atoms with Crippen LogP contribution in [0, 0.1) is 19.8 Å². The largest absolute Gasteiger partial charge is 0.482 e. The third-order valence-electron chi connectivity index (χ3n) is 3.53. The first-order chi connectivity index (χ1) is 10.8. The first kappa shape index (κ1) is 18.0. The average molecular weight is 400 g/mol. The molecule has 0 bridgehead atoms. The highest BCUT2D eigenvalue weighted by Crippen LogP contribution is 2.28. The average Bonchev–Trinajstić information content (AvgIpc) is 2.74. The fourth-order valence-electron chi connectivity index (χ4n) is 2.41. The molecule has 0 radical (unpaired) electrons. The number of halogens is 2. The molecule has 0 amide bonds. The van der Waals surface area contributed by atoms with Gasteiger partial charge in [-0.3, -0.25) is 4.79 Å². The predicted octanol–water partition coefficient (Wildman–Crippen LogP) is 4.83. The van der Waals surface area contributed by atoms with Crippen LogP contribution in [0.4, 0.5) is 0 Å². The number of hydrogen-bond donors (Lipinski definition) is 0. The Labute approximate surface area is 149 Å². The minimum absolute atomic E-state index is 0.0800. The third kappa shape index (κ3) is 4.36. The van der Waals surface area contributed by atoms with Crippen molar-refractivity contribution in [1.82, 2.24) is 9.78 Å². The van der Waals surface area contributed by atoms with Crippen LogP contribution < -0.4 is 4.74 Å². The van der Waals surface area contributed by atoms with Crippen LogP contribution >= 0.6 is 27.5 Å². The number of hydrogen-bond acceptors (Lipinski definition) is 3. The van der Waals surface area contributed by atoms with Crippen LogP contribution in [-0.4, -0.2) is 22.3 Å². The van der Waals surface area contributed by atoms with Crippen molar-refractivity contribution >= 4 is 33.4 Å². The normalized spacial score (nSPS) is 11.1. The molecule has 0 fully saturated rings. The van der Waals surface area contributed by atoms with Crippen LogP contribution in [0.3, 0.4) is 0 Å². The van der Waals surface area contributed by atoms with Crippen molar-refractivity contribution in [1.29, 1.82) is 0 Å². The maximum Gasteiger partial charge on any atom is 0.284 e. The summed E-state index contributed by atoms with van der Waals surface area (Å²) >= 11 is 9.26. The highest BCUT2D eigenvalue weighted by molar-refractivity contribution is 9.10. The van der Waals surface area contributed by atoms with E-state index < -0.39 is 0 Å². The molecule has 0 saturated carbocycles. The number of aryl methyl sites for hydroxylation is 1. The molecule has 2 aromatic rings. The molecule has 23 heavy (non-hydrogen) atoms. The molecule has 0 aliphatic heterocycles. The minimum atomic E-state index is -0.192. The second kappa shape index (κ2) is 7.49. The molecule has 6 heteroatoms. The lowest BCUT2D eigenvalue weighted by molar-refractivity contribution is 0.0817. The first-order valence-electron chi connectivity index (χ1n) is 7.45. The smallest absolute Gasteiger partial charge is 0.284 e. The first-order valence-corrected chi connectivity index (χ1v) is 8.62. The van der Waals surface area contributed by atoms with Gasteiger partial charge in [-0.05, 0) is 65.9 Å². The quantitative estimate of drug-likeness (QED) is 0.723. The molecule has 2 rings (SSSR count). The lowest BCUT2D eigenvalue weighted by Crippen LogP contribution is -2.22. The van der Waals surface area contributed by atoms with Crippen molar-refractivity contribution in [2.24, 2.45) is 5.92 Å². The van der Waals surface area contributed by atoms with E-state index in [1.807, 2.05) is 13.8 Å². The lowest BCUT2D eigenvalue weighted by Gasteiger charge is -2.09. The van der Waals surface area contributed by atoms with Crippen molar-refractivity contribution in [2.45, 2.75) is 34.1 Å². The predicted molar refractivity (Wildman–Crippen MR) is 95.5 cm³/mol. The van der Waals surface area contributed by atoms with Gasteiger partial charge in [0.05, 0.1) is 10.2 Å². The SMILES string of the molecule is Cc1nn(C(=O)COc2ccc(Cl)cc2Br)c(C)c1CC(C)C. The number of carbonyl (C=O) groups is 1. The fourth-order valence-corrected chi connectivity index (χ4v) is 3.21. The summed E-state index contributed by atoms with van der Waals surface area (Å²) in [6.07, 6.45) is 0.911. The second-order valence-corrected chi connectivity index (χ2v) is 7.21. The number of aromatic nitrogens is 2. The van der Waals surface area contributed by atoms with E-state index in [4.69, 9.17) is 16.3 Å². The molecular formula is C17H20BrClN2O2. The van der Waals surface area contributed by atoms with Gasteiger partial charge in [-0.25, -0.2) is 4.68 Å². The zero-order valence-corrected chi connectivity index (χ0v) is 16.0. The summed E-state index contributed by atoms with van der Waals surface area (Å²) < 4.78 is 7.73. The van der Waals surface area contributed by atoms with E-state index in [1.54, 1.807) is 18.2 Å². The van der Waals surface area contributed by atoms with Crippen LogP contribution in [0.25, 0.3) is 0 Å². The molecule has 0 saturated heterocycles. The number of benzene rings is 1. The van der Waals surface area contributed by atoms with Crippen LogP contribution in [-0.2, 0) is 6.42 Å². The molecule has 0 N–H and O–H groups in total. The highest BCUT2D eigenvalue weighted by Gasteiger charge is 2.18.